The molecular formula is C18H30IN3O3. The number of nitrogens with zero attached hydrogens (tertiary/aromatic N) is 1. The lowest BCUT2D eigenvalue weighted by Crippen LogP contribution is -2.44. The van der Waals surface area contributed by atoms with Gasteiger partial charge in [0.2, 0.25) is 0 Å². The van der Waals surface area contributed by atoms with Gasteiger partial charge in [-0.2, -0.15) is 0 Å². The number of esters is 1. The number of carbonyl (C=O) groups is 1. The summed E-state index contributed by atoms with van der Waals surface area (Å²) in [6.45, 7) is 10.1. The number of aliphatic imine (C=N–C) groups is 1. The number of halogens is 1. The minimum Gasteiger partial charge on any atom is -0.489 e. The minimum absolute atomic E-state index is 0. The molecule has 2 N–H and O–H groups in total. The molecule has 0 spiro atoms. The van der Waals surface area contributed by atoms with Crippen LogP contribution in [0.1, 0.15) is 33.3 Å². The van der Waals surface area contributed by atoms with Gasteiger partial charge in [-0.15, -0.1) is 24.0 Å². The molecular weight excluding hydrogens is 433 g/mol. The number of hydrogen-bond acceptors (Lipinski definition) is 4. The van der Waals surface area contributed by atoms with Gasteiger partial charge in [-0.05, 0) is 52.3 Å². The van der Waals surface area contributed by atoms with Crippen LogP contribution in [-0.4, -0.2) is 43.8 Å². The van der Waals surface area contributed by atoms with Crippen LogP contribution >= 0.6 is 24.0 Å². The molecule has 0 aliphatic rings. The summed E-state index contributed by atoms with van der Waals surface area (Å²) in [6.07, 6.45) is -0.0492. The summed E-state index contributed by atoms with van der Waals surface area (Å²) >= 11 is 0. The third-order valence-electron chi connectivity index (χ3n) is 2.93. The smallest absolute Gasteiger partial charge is 0.325 e. The third kappa shape index (κ3) is 10.9. The van der Waals surface area contributed by atoms with Gasteiger partial charge >= 0.3 is 5.97 Å². The van der Waals surface area contributed by atoms with Crippen molar-refractivity contribution in [2.24, 2.45) is 4.99 Å². The van der Waals surface area contributed by atoms with Gasteiger partial charge in [-0.3, -0.25) is 9.79 Å². The van der Waals surface area contributed by atoms with Crippen LogP contribution in [0.15, 0.2) is 29.3 Å². The van der Waals surface area contributed by atoms with Gasteiger partial charge in [0.05, 0.1) is 6.54 Å². The van der Waals surface area contributed by atoms with E-state index in [-0.39, 0.29) is 42.6 Å². The molecule has 1 aromatic rings. The van der Waals surface area contributed by atoms with Crippen molar-refractivity contribution < 1.29 is 14.3 Å². The molecule has 25 heavy (non-hydrogen) atoms. The van der Waals surface area contributed by atoms with E-state index in [2.05, 4.69) is 15.6 Å². The zero-order chi connectivity index (χ0) is 18.2. The minimum atomic E-state index is -0.494. The Morgan fingerprint density at radius 3 is 2.52 bits per heavy atom. The molecule has 1 aromatic carbocycles. The topological polar surface area (TPSA) is 72.0 Å². The number of hydrogen-bond donors (Lipinski definition) is 2. The first-order chi connectivity index (χ1) is 11.2. The second-order valence-corrected chi connectivity index (χ2v) is 6.64. The maximum atomic E-state index is 11.7. The summed E-state index contributed by atoms with van der Waals surface area (Å²) in [5.41, 5.74) is 0.661. The molecule has 0 saturated carbocycles. The summed E-state index contributed by atoms with van der Waals surface area (Å²) < 4.78 is 11.1. The number of ether oxygens (including phenoxy) is 2. The fourth-order valence-electron chi connectivity index (χ4n) is 1.96. The number of guanidine groups is 1. The average Bonchev–Trinajstić information content (AvgIpc) is 2.45. The quantitative estimate of drug-likeness (QED) is 0.294. The van der Waals surface area contributed by atoms with Crippen molar-refractivity contribution in [2.75, 3.05) is 20.1 Å². The first-order valence-electron chi connectivity index (χ1n) is 8.09. The maximum absolute atomic E-state index is 11.7. The highest BCUT2D eigenvalue weighted by Gasteiger charge is 2.16. The second-order valence-electron chi connectivity index (χ2n) is 6.64. The van der Waals surface area contributed by atoms with Crippen molar-refractivity contribution in [3.63, 3.8) is 0 Å². The zero-order valence-electron chi connectivity index (χ0n) is 15.9. The van der Waals surface area contributed by atoms with Crippen LogP contribution < -0.4 is 15.4 Å². The predicted molar refractivity (Wildman–Crippen MR) is 112 cm³/mol. The van der Waals surface area contributed by atoms with Crippen molar-refractivity contribution in [2.45, 2.75) is 46.3 Å². The molecule has 0 radical (unpaired) electrons. The highest BCUT2D eigenvalue weighted by molar-refractivity contribution is 14.0. The van der Waals surface area contributed by atoms with Crippen LogP contribution in [0, 0.1) is 6.92 Å². The molecule has 142 valence electrons. The fraction of sp³-hybridized carbons (Fsp3) is 0.556. The van der Waals surface area contributed by atoms with E-state index in [0.29, 0.717) is 12.5 Å². The summed E-state index contributed by atoms with van der Waals surface area (Å²) in [5.74, 6) is 1.04. The van der Waals surface area contributed by atoms with Crippen LogP contribution in [0.2, 0.25) is 0 Å². The molecule has 7 heteroatoms. The van der Waals surface area contributed by atoms with Crippen LogP contribution in [0.4, 0.5) is 0 Å². The molecule has 0 heterocycles. The number of carbonyl (C=O) groups excluding carboxylic acids is 1. The highest BCUT2D eigenvalue weighted by Crippen LogP contribution is 2.13. The number of rotatable bonds is 6. The Labute approximate surface area is 167 Å². The highest BCUT2D eigenvalue weighted by atomic mass is 127. The second kappa shape index (κ2) is 11.2. The standard InChI is InChI=1S/C18H29N3O3.HI/c1-13-8-7-9-15(10-13)23-14(2)11-20-17(19-6)21-12-16(22)24-18(3,4)5;/h7-10,14H,11-12H2,1-6H3,(H2,19,20,21);1H. The molecule has 0 bridgehead atoms. The van der Waals surface area contributed by atoms with Gasteiger partial charge in [-0.1, -0.05) is 12.1 Å². The molecule has 1 atom stereocenters. The molecule has 0 amide bonds. The molecule has 0 saturated heterocycles. The molecule has 1 rings (SSSR count). The molecule has 0 aliphatic heterocycles. The van der Waals surface area contributed by atoms with Gasteiger partial charge in [0.1, 0.15) is 24.0 Å². The first kappa shape index (κ1) is 23.5. The fourth-order valence-corrected chi connectivity index (χ4v) is 1.96. The van der Waals surface area contributed by atoms with E-state index >= 15 is 0 Å². The monoisotopic (exact) mass is 463 g/mol. The van der Waals surface area contributed by atoms with E-state index in [1.165, 1.54) is 0 Å². The normalized spacial score (nSPS) is 12.6. The van der Waals surface area contributed by atoms with E-state index in [1.54, 1.807) is 7.05 Å². The number of nitrogens with one attached hydrogen (secondary N) is 2. The van der Waals surface area contributed by atoms with E-state index in [4.69, 9.17) is 9.47 Å². The Bertz CT molecular complexity index is 571. The molecule has 1 unspecified atom stereocenters. The Balaban J connectivity index is 0.00000576. The van der Waals surface area contributed by atoms with Gasteiger partial charge in [0, 0.05) is 7.05 Å². The molecule has 0 aromatic heterocycles. The summed E-state index contributed by atoms with van der Waals surface area (Å²) in [7, 11) is 1.65. The van der Waals surface area contributed by atoms with Crippen LogP contribution in [0.5, 0.6) is 5.75 Å². The Morgan fingerprint density at radius 1 is 1.28 bits per heavy atom. The molecule has 6 nitrogen and oxygen atoms in total. The molecule has 0 fully saturated rings. The van der Waals surface area contributed by atoms with E-state index in [0.717, 1.165) is 11.3 Å². The lowest BCUT2D eigenvalue weighted by molar-refractivity contribution is -0.153. The third-order valence-corrected chi connectivity index (χ3v) is 2.93. The largest absolute Gasteiger partial charge is 0.489 e. The maximum Gasteiger partial charge on any atom is 0.325 e. The lowest BCUT2D eigenvalue weighted by Gasteiger charge is -2.21. The van der Waals surface area contributed by atoms with Gasteiger partial charge in [0.25, 0.3) is 0 Å². The van der Waals surface area contributed by atoms with Gasteiger partial charge in [0.15, 0.2) is 5.96 Å². The van der Waals surface area contributed by atoms with E-state index in [1.807, 2.05) is 58.9 Å². The Kier molecular flexibility index (Phi) is 10.5. The number of aryl methyl sites for hydroxylation is 1. The average molecular weight is 463 g/mol. The SMILES string of the molecule is CN=C(NCC(=O)OC(C)(C)C)NCC(C)Oc1cccc(C)c1.I. The van der Waals surface area contributed by atoms with Gasteiger partial charge < -0.3 is 20.1 Å². The van der Waals surface area contributed by atoms with Crippen molar-refractivity contribution >= 4 is 35.9 Å². The molecule has 0 aliphatic carbocycles. The van der Waals surface area contributed by atoms with Crippen molar-refractivity contribution in [3.05, 3.63) is 29.8 Å². The van der Waals surface area contributed by atoms with Crippen LogP contribution in [0.3, 0.4) is 0 Å². The van der Waals surface area contributed by atoms with Crippen molar-refractivity contribution in [1.29, 1.82) is 0 Å². The predicted octanol–water partition coefficient (Wildman–Crippen LogP) is 2.89. The van der Waals surface area contributed by atoms with Crippen LogP contribution in [-0.2, 0) is 9.53 Å². The Morgan fingerprint density at radius 2 is 1.96 bits per heavy atom. The summed E-state index contributed by atoms with van der Waals surface area (Å²) in [5, 5.41) is 6.06. The summed E-state index contributed by atoms with van der Waals surface area (Å²) in [4.78, 5) is 15.8. The first-order valence-corrected chi connectivity index (χ1v) is 8.09. The van der Waals surface area contributed by atoms with Crippen LogP contribution in [0.25, 0.3) is 0 Å². The Hall–Kier alpha value is -1.51. The zero-order valence-corrected chi connectivity index (χ0v) is 18.2. The van der Waals surface area contributed by atoms with E-state index in [9.17, 15) is 4.79 Å². The lowest BCUT2D eigenvalue weighted by atomic mass is 10.2. The van der Waals surface area contributed by atoms with Gasteiger partial charge in [-0.25, -0.2) is 0 Å². The van der Waals surface area contributed by atoms with Crippen molar-refractivity contribution in [3.8, 4) is 5.75 Å². The summed E-state index contributed by atoms with van der Waals surface area (Å²) in [6, 6.07) is 7.91. The van der Waals surface area contributed by atoms with E-state index < -0.39 is 5.60 Å². The van der Waals surface area contributed by atoms with Crippen molar-refractivity contribution in [1.82, 2.24) is 10.6 Å². The number of benzene rings is 1.